The number of nitrogens with one attached hydrogen (secondary N) is 2. The van der Waals surface area contributed by atoms with Crippen molar-refractivity contribution in [1.29, 1.82) is 0 Å². The number of carbonyl (C=O) groups excluding carboxylic acids is 3. The van der Waals surface area contributed by atoms with Crippen molar-refractivity contribution in [2.45, 2.75) is 13.8 Å². The van der Waals surface area contributed by atoms with Gasteiger partial charge in [-0.25, -0.2) is 4.79 Å². The van der Waals surface area contributed by atoms with Gasteiger partial charge >= 0.3 is 5.97 Å². The number of hydrogen-bond acceptors (Lipinski definition) is 8. The molecule has 4 rings (SSSR count). The van der Waals surface area contributed by atoms with Gasteiger partial charge in [-0.1, -0.05) is 47.1 Å². The van der Waals surface area contributed by atoms with Gasteiger partial charge in [-0.3, -0.25) is 9.59 Å². The van der Waals surface area contributed by atoms with Crippen LogP contribution in [0.1, 0.15) is 41.7 Å². The monoisotopic (exact) mass is 539 g/mol. The summed E-state index contributed by atoms with van der Waals surface area (Å²) in [7, 11) is 2.72. The SMILES string of the molecule is COC(=O)c1c(NC(=O)c2c(-c3ccccc3Cl)noc2C)sc(C(=O)Nc2ccccc2OC)c1C. The Morgan fingerprint density at radius 2 is 1.65 bits per heavy atom. The van der Waals surface area contributed by atoms with Gasteiger partial charge in [-0.2, -0.15) is 0 Å². The fourth-order valence-corrected chi connectivity index (χ4v) is 5.05. The van der Waals surface area contributed by atoms with Crippen LogP contribution in [0, 0.1) is 13.8 Å². The van der Waals surface area contributed by atoms with Crippen molar-refractivity contribution in [3.8, 4) is 17.0 Å². The van der Waals surface area contributed by atoms with Crippen LogP contribution in [0.25, 0.3) is 11.3 Å². The molecule has 2 aromatic heterocycles. The zero-order valence-corrected chi connectivity index (χ0v) is 21.9. The van der Waals surface area contributed by atoms with Gasteiger partial charge in [0.1, 0.15) is 27.8 Å². The van der Waals surface area contributed by atoms with Crippen molar-refractivity contribution in [2.24, 2.45) is 0 Å². The Bertz CT molecular complexity index is 1510. The lowest BCUT2D eigenvalue weighted by molar-refractivity contribution is 0.0601. The van der Waals surface area contributed by atoms with E-state index in [-0.39, 0.29) is 32.5 Å². The molecule has 0 bridgehead atoms. The van der Waals surface area contributed by atoms with Crippen LogP contribution in [0.15, 0.2) is 53.1 Å². The summed E-state index contributed by atoms with van der Waals surface area (Å²) >= 11 is 7.26. The number of benzene rings is 2. The van der Waals surface area contributed by atoms with Crippen LogP contribution in [0.2, 0.25) is 5.02 Å². The van der Waals surface area contributed by atoms with Gasteiger partial charge in [0.05, 0.1) is 35.4 Å². The third kappa shape index (κ3) is 5.07. The zero-order chi connectivity index (χ0) is 26.7. The number of rotatable bonds is 7. The average molecular weight is 540 g/mol. The lowest BCUT2D eigenvalue weighted by atomic mass is 10.1. The summed E-state index contributed by atoms with van der Waals surface area (Å²) in [5.41, 5.74) is 1.79. The maximum absolute atomic E-state index is 13.4. The quantitative estimate of drug-likeness (QED) is 0.277. The molecule has 0 aliphatic rings. The molecule has 0 spiro atoms. The first kappa shape index (κ1) is 25.9. The molecule has 0 saturated heterocycles. The largest absolute Gasteiger partial charge is 0.495 e. The van der Waals surface area contributed by atoms with E-state index in [1.54, 1.807) is 62.4 Å². The molecule has 2 amide bonds. The van der Waals surface area contributed by atoms with E-state index in [0.29, 0.717) is 27.6 Å². The predicted molar refractivity (Wildman–Crippen MR) is 141 cm³/mol. The molecule has 4 aromatic rings. The molecule has 0 aliphatic heterocycles. The van der Waals surface area contributed by atoms with E-state index >= 15 is 0 Å². The number of aryl methyl sites for hydroxylation is 1. The molecule has 0 aliphatic carbocycles. The zero-order valence-electron chi connectivity index (χ0n) is 20.3. The minimum absolute atomic E-state index is 0.0689. The van der Waals surface area contributed by atoms with Crippen molar-refractivity contribution in [3.05, 3.63) is 80.9 Å². The molecular weight excluding hydrogens is 518 g/mol. The highest BCUT2D eigenvalue weighted by atomic mass is 35.5. The summed E-state index contributed by atoms with van der Waals surface area (Å²) in [6, 6.07) is 13.8. The first-order valence-electron chi connectivity index (χ1n) is 10.9. The molecule has 37 heavy (non-hydrogen) atoms. The van der Waals surface area contributed by atoms with Crippen LogP contribution in [0.5, 0.6) is 5.75 Å². The van der Waals surface area contributed by atoms with E-state index in [0.717, 1.165) is 11.3 Å². The van der Waals surface area contributed by atoms with Gasteiger partial charge in [-0.05, 0) is 37.6 Å². The number of carbonyl (C=O) groups is 3. The predicted octanol–water partition coefficient (Wildman–Crippen LogP) is 5.97. The first-order valence-corrected chi connectivity index (χ1v) is 12.1. The van der Waals surface area contributed by atoms with Crippen LogP contribution in [-0.4, -0.2) is 37.2 Å². The van der Waals surface area contributed by atoms with Crippen molar-refractivity contribution < 1.29 is 28.4 Å². The topological polar surface area (TPSA) is 120 Å². The Morgan fingerprint density at radius 3 is 2.35 bits per heavy atom. The van der Waals surface area contributed by atoms with Gasteiger partial charge < -0.3 is 24.6 Å². The normalized spacial score (nSPS) is 10.6. The third-order valence-corrected chi connectivity index (χ3v) is 7.08. The molecule has 0 saturated carbocycles. The van der Waals surface area contributed by atoms with Gasteiger partial charge in [0.15, 0.2) is 0 Å². The number of methoxy groups -OCH3 is 2. The Labute approximate surface area is 221 Å². The van der Waals surface area contributed by atoms with Gasteiger partial charge in [-0.15, -0.1) is 11.3 Å². The number of nitrogens with zero attached hydrogens (tertiary/aromatic N) is 1. The summed E-state index contributed by atoms with van der Waals surface area (Å²) in [5, 5.41) is 10.1. The van der Waals surface area contributed by atoms with Gasteiger partial charge in [0.25, 0.3) is 11.8 Å². The fourth-order valence-electron chi connectivity index (χ4n) is 3.74. The smallest absolute Gasteiger partial charge is 0.341 e. The van der Waals surface area contributed by atoms with Crippen molar-refractivity contribution >= 4 is 51.4 Å². The van der Waals surface area contributed by atoms with E-state index in [4.69, 9.17) is 25.6 Å². The van der Waals surface area contributed by atoms with E-state index < -0.39 is 17.8 Å². The number of thiophene rings is 1. The molecule has 0 radical (unpaired) electrons. The number of amides is 2. The molecule has 2 heterocycles. The van der Waals surface area contributed by atoms with Crippen molar-refractivity contribution in [1.82, 2.24) is 5.16 Å². The lowest BCUT2D eigenvalue weighted by Gasteiger charge is -2.09. The van der Waals surface area contributed by atoms with Crippen molar-refractivity contribution in [3.63, 3.8) is 0 Å². The molecule has 0 atom stereocenters. The summed E-state index contributed by atoms with van der Waals surface area (Å²) in [6.45, 7) is 3.20. The summed E-state index contributed by atoms with van der Waals surface area (Å²) < 4.78 is 15.5. The van der Waals surface area contributed by atoms with E-state index in [9.17, 15) is 14.4 Å². The van der Waals surface area contributed by atoms with Crippen molar-refractivity contribution in [2.75, 3.05) is 24.9 Å². The number of ether oxygens (including phenoxy) is 2. The summed E-state index contributed by atoms with van der Waals surface area (Å²) in [4.78, 5) is 39.4. The highest BCUT2D eigenvalue weighted by Gasteiger charge is 2.29. The minimum Gasteiger partial charge on any atom is -0.495 e. The standard InChI is InChI=1S/C26H22ClN3O6S/c1-13-19(26(33)35-4)25(37-22(13)24(32)28-17-11-7-8-12-18(17)34-3)29-23(31)20-14(2)36-30-21(20)15-9-5-6-10-16(15)27/h5-12H,1-4H3,(H,28,32)(H,29,31). The maximum Gasteiger partial charge on any atom is 0.341 e. The Balaban J connectivity index is 1.71. The average Bonchev–Trinajstić information content (AvgIpc) is 3.43. The number of esters is 1. The number of anilines is 2. The Morgan fingerprint density at radius 1 is 0.946 bits per heavy atom. The lowest BCUT2D eigenvalue weighted by Crippen LogP contribution is -2.15. The Kier molecular flexibility index (Phi) is 7.61. The molecular formula is C26H22ClN3O6S. The summed E-state index contributed by atoms with van der Waals surface area (Å²) in [6.07, 6.45) is 0. The van der Waals surface area contributed by atoms with Crippen LogP contribution in [0.4, 0.5) is 10.7 Å². The minimum atomic E-state index is -0.700. The molecule has 190 valence electrons. The third-order valence-electron chi connectivity index (χ3n) is 5.54. The van der Waals surface area contributed by atoms with Crippen LogP contribution in [0.3, 0.4) is 0 Å². The summed E-state index contributed by atoms with van der Waals surface area (Å²) in [5.74, 6) is -1.03. The molecule has 0 fully saturated rings. The van der Waals surface area contributed by atoms with Gasteiger partial charge in [0, 0.05) is 5.56 Å². The van der Waals surface area contributed by atoms with E-state index in [1.807, 2.05) is 0 Å². The molecule has 0 unspecified atom stereocenters. The second-order valence-corrected chi connectivity index (χ2v) is 9.23. The first-order chi connectivity index (χ1) is 17.8. The number of hydrogen-bond donors (Lipinski definition) is 2. The Hall–Kier alpha value is -4.15. The highest BCUT2D eigenvalue weighted by molar-refractivity contribution is 7.19. The molecule has 2 N–H and O–H groups in total. The van der Waals surface area contributed by atoms with Crippen LogP contribution < -0.4 is 15.4 Å². The second-order valence-electron chi connectivity index (χ2n) is 7.80. The molecule has 2 aromatic carbocycles. The van der Waals surface area contributed by atoms with Crippen LogP contribution in [-0.2, 0) is 4.74 Å². The number of halogens is 1. The number of para-hydroxylation sites is 2. The van der Waals surface area contributed by atoms with Crippen LogP contribution >= 0.6 is 22.9 Å². The highest BCUT2D eigenvalue weighted by Crippen LogP contribution is 2.37. The van der Waals surface area contributed by atoms with E-state index in [2.05, 4.69) is 15.8 Å². The molecule has 9 nitrogen and oxygen atoms in total. The van der Waals surface area contributed by atoms with Gasteiger partial charge in [0.2, 0.25) is 0 Å². The fraction of sp³-hybridized carbons (Fsp3) is 0.154. The number of aromatic nitrogens is 1. The second kappa shape index (κ2) is 10.9. The molecule has 11 heteroatoms. The van der Waals surface area contributed by atoms with E-state index in [1.165, 1.54) is 14.2 Å². The maximum atomic E-state index is 13.4.